The van der Waals surface area contributed by atoms with E-state index in [2.05, 4.69) is 34.8 Å². The lowest BCUT2D eigenvalue weighted by Gasteiger charge is -2.39. The molecule has 2 saturated heterocycles. The maximum atomic E-state index is 4.86. The zero-order chi connectivity index (χ0) is 14.7. The molecule has 3 heterocycles. The normalized spacial score (nSPS) is 25.5. The third-order valence-corrected chi connectivity index (χ3v) is 4.88. The van der Waals surface area contributed by atoms with Crippen LogP contribution in [0, 0.1) is 0 Å². The molecule has 0 amide bonds. The van der Waals surface area contributed by atoms with E-state index in [1.165, 1.54) is 44.2 Å². The van der Waals surface area contributed by atoms with E-state index in [1.54, 1.807) is 0 Å². The predicted molar refractivity (Wildman–Crippen MR) is 86.7 cm³/mol. The lowest BCUT2D eigenvalue weighted by atomic mass is 10.1. The summed E-state index contributed by atoms with van der Waals surface area (Å²) in [7, 11) is 2.23. The van der Waals surface area contributed by atoms with Crippen molar-refractivity contribution in [3.63, 3.8) is 0 Å². The molecule has 2 fully saturated rings. The quantitative estimate of drug-likeness (QED) is 0.754. The van der Waals surface area contributed by atoms with Gasteiger partial charge >= 0.3 is 0 Å². The van der Waals surface area contributed by atoms with Crippen LogP contribution in [0.15, 0.2) is 12.3 Å². The fraction of sp³-hybridized carbons (Fsp3) is 0.765. The Morgan fingerprint density at radius 2 is 1.90 bits per heavy atom. The van der Waals surface area contributed by atoms with E-state index in [4.69, 9.17) is 4.98 Å². The highest BCUT2D eigenvalue weighted by Crippen LogP contribution is 2.32. The maximum absolute atomic E-state index is 4.86. The van der Waals surface area contributed by atoms with Gasteiger partial charge in [-0.05, 0) is 38.8 Å². The minimum absolute atomic E-state index is 0.615. The molecule has 0 N–H and O–H groups in total. The van der Waals surface area contributed by atoms with E-state index < -0.39 is 0 Å². The lowest BCUT2D eigenvalue weighted by molar-refractivity contribution is 0.262. The molecule has 2 bridgehead atoms. The number of fused-ring (bicyclic) bond motifs is 2. The molecule has 0 aliphatic carbocycles. The van der Waals surface area contributed by atoms with Crippen LogP contribution in [0.1, 0.15) is 51.1 Å². The third-order valence-electron chi connectivity index (χ3n) is 4.88. The van der Waals surface area contributed by atoms with Gasteiger partial charge in [0.25, 0.3) is 0 Å². The number of hydrogen-bond acceptors (Lipinski definition) is 4. The molecule has 116 valence electrons. The fourth-order valence-electron chi connectivity index (χ4n) is 3.82. The first-order chi connectivity index (χ1) is 10.3. The number of rotatable bonds is 6. The summed E-state index contributed by atoms with van der Waals surface area (Å²) in [5, 5.41) is 0. The highest BCUT2D eigenvalue weighted by Gasteiger charge is 2.40. The summed E-state index contributed by atoms with van der Waals surface area (Å²) in [4.78, 5) is 14.4. The molecule has 3 rings (SSSR count). The minimum Gasteiger partial charge on any atom is -0.332 e. The third kappa shape index (κ3) is 3.37. The first-order valence-corrected chi connectivity index (χ1v) is 8.56. The summed E-state index contributed by atoms with van der Waals surface area (Å²) in [6.45, 7) is 4.56. The number of likely N-dealkylation sites (N-methyl/N-ethyl adjacent to an activating group) is 1. The molecule has 21 heavy (non-hydrogen) atoms. The molecule has 0 aromatic carbocycles. The van der Waals surface area contributed by atoms with Crippen molar-refractivity contribution in [3.8, 4) is 0 Å². The first kappa shape index (κ1) is 14.8. The Bertz CT molecular complexity index is 448. The molecule has 0 spiro atoms. The standard InChI is InChI=1S/C17H28N4/c1-3-4-5-6-7-14-10-11-18-17(19-14)21-15-8-9-16(21)13-20(2)12-15/h10-11,15-16H,3-9,12-13H2,1-2H3. The van der Waals surface area contributed by atoms with Crippen LogP contribution >= 0.6 is 0 Å². The Hall–Kier alpha value is -1.16. The Morgan fingerprint density at radius 3 is 2.62 bits per heavy atom. The Balaban J connectivity index is 1.66. The maximum Gasteiger partial charge on any atom is 0.226 e. The summed E-state index contributed by atoms with van der Waals surface area (Å²) < 4.78 is 0. The number of aromatic nitrogens is 2. The van der Waals surface area contributed by atoms with Crippen LogP contribution < -0.4 is 4.90 Å². The van der Waals surface area contributed by atoms with Gasteiger partial charge in [0.15, 0.2) is 0 Å². The van der Waals surface area contributed by atoms with Gasteiger partial charge in [-0.3, -0.25) is 0 Å². The van der Waals surface area contributed by atoms with E-state index >= 15 is 0 Å². The molecule has 0 radical (unpaired) electrons. The van der Waals surface area contributed by atoms with E-state index in [0.717, 1.165) is 25.5 Å². The second kappa shape index (κ2) is 6.73. The van der Waals surface area contributed by atoms with Crippen molar-refractivity contribution < 1.29 is 0 Å². The van der Waals surface area contributed by atoms with Crippen molar-refractivity contribution in [2.75, 3.05) is 25.0 Å². The molecule has 4 heteroatoms. The van der Waals surface area contributed by atoms with E-state index in [9.17, 15) is 0 Å². The largest absolute Gasteiger partial charge is 0.332 e. The van der Waals surface area contributed by atoms with Gasteiger partial charge in [0, 0.05) is 37.1 Å². The summed E-state index contributed by atoms with van der Waals surface area (Å²) in [6.07, 6.45) is 10.8. The van der Waals surface area contributed by atoms with Crippen molar-refractivity contribution >= 4 is 5.95 Å². The average molecular weight is 288 g/mol. The van der Waals surface area contributed by atoms with Crippen molar-refractivity contribution in [1.82, 2.24) is 14.9 Å². The minimum atomic E-state index is 0.615. The van der Waals surface area contributed by atoms with Gasteiger partial charge in [-0.25, -0.2) is 9.97 Å². The molecule has 2 atom stereocenters. The van der Waals surface area contributed by atoms with Gasteiger partial charge < -0.3 is 9.80 Å². The monoisotopic (exact) mass is 288 g/mol. The Morgan fingerprint density at radius 1 is 1.14 bits per heavy atom. The number of aryl methyl sites for hydroxylation is 1. The first-order valence-electron chi connectivity index (χ1n) is 8.56. The molecule has 2 aliphatic heterocycles. The van der Waals surface area contributed by atoms with Crippen LogP contribution in [0.25, 0.3) is 0 Å². The van der Waals surface area contributed by atoms with Crippen LogP contribution in [0.4, 0.5) is 5.95 Å². The van der Waals surface area contributed by atoms with Crippen molar-refractivity contribution in [2.45, 2.75) is 64.0 Å². The lowest BCUT2D eigenvalue weighted by Crippen LogP contribution is -2.53. The molecule has 2 unspecified atom stereocenters. The molecular weight excluding hydrogens is 260 g/mol. The highest BCUT2D eigenvalue weighted by atomic mass is 15.4. The zero-order valence-electron chi connectivity index (χ0n) is 13.5. The average Bonchev–Trinajstić information content (AvgIpc) is 2.76. The van der Waals surface area contributed by atoms with E-state index in [0.29, 0.717) is 12.1 Å². The molecule has 4 nitrogen and oxygen atoms in total. The number of likely N-dealkylation sites (tertiary alicyclic amines) is 1. The van der Waals surface area contributed by atoms with Crippen LogP contribution in [0.3, 0.4) is 0 Å². The summed E-state index contributed by atoms with van der Waals surface area (Å²) in [6, 6.07) is 3.32. The van der Waals surface area contributed by atoms with Crippen molar-refractivity contribution in [3.05, 3.63) is 18.0 Å². The van der Waals surface area contributed by atoms with Crippen LogP contribution in [0.2, 0.25) is 0 Å². The van der Waals surface area contributed by atoms with Crippen molar-refractivity contribution in [1.29, 1.82) is 0 Å². The van der Waals surface area contributed by atoms with Crippen LogP contribution in [0.5, 0.6) is 0 Å². The van der Waals surface area contributed by atoms with E-state index in [-0.39, 0.29) is 0 Å². The number of nitrogens with zero attached hydrogens (tertiary/aromatic N) is 4. The second-order valence-corrected chi connectivity index (χ2v) is 6.67. The SMILES string of the molecule is CCCCCCc1ccnc(N2C3CCC2CN(C)C3)n1. The molecule has 1 aromatic rings. The molecule has 1 aromatic heterocycles. The molecular formula is C17H28N4. The topological polar surface area (TPSA) is 32.3 Å². The van der Waals surface area contributed by atoms with Crippen LogP contribution in [-0.4, -0.2) is 47.1 Å². The van der Waals surface area contributed by atoms with Crippen LogP contribution in [-0.2, 0) is 6.42 Å². The Labute approximate surface area is 128 Å². The second-order valence-electron chi connectivity index (χ2n) is 6.67. The smallest absolute Gasteiger partial charge is 0.226 e. The van der Waals surface area contributed by atoms with Gasteiger partial charge in [-0.2, -0.15) is 0 Å². The van der Waals surface area contributed by atoms with Gasteiger partial charge in [0.2, 0.25) is 5.95 Å². The highest BCUT2D eigenvalue weighted by molar-refractivity contribution is 5.38. The zero-order valence-corrected chi connectivity index (χ0v) is 13.5. The van der Waals surface area contributed by atoms with Gasteiger partial charge in [0.1, 0.15) is 0 Å². The summed E-state index contributed by atoms with van der Waals surface area (Å²) in [5.41, 5.74) is 1.22. The van der Waals surface area contributed by atoms with Gasteiger partial charge in [0.05, 0.1) is 0 Å². The molecule has 0 saturated carbocycles. The van der Waals surface area contributed by atoms with Gasteiger partial charge in [-0.15, -0.1) is 0 Å². The summed E-state index contributed by atoms with van der Waals surface area (Å²) in [5.74, 6) is 0.976. The summed E-state index contributed by atoms with van der Waals surface area (Å²) >= 11 is 0. The Kier molecular flexibility index (Phi) is 4.73. The fourth-order valence-corrected chi connectivity index (χ4v) is 3.82. The van der Waals surface area contributed by atoms with E-state index in [1.807, 2.05) is 6.20 Å². The van der Waals surface area contributed by atoms with Crippen molar-refractivity contribution in [2.24, 2.45) is 0 Å². The predicted octanol–water partition coefficient (Wildman–Crippen LogP) is 2.88. The number of piperazine rings is 1. The number of unbranched alkanes of at least 4 members (excludes halogenated alkanes) is 3. The number of anilines is 1. The molecule has 2 aliphatic rings. The van der Waals surface area contributed by atoms with Gasteiger partial charge in [-0.1, -0.05) is 26.2 Å². The number of hydrogen-bond donors (Lipinski definition) is 0.